The molecule has 3 atom stereocenters. The number of rotatable bonds is 7. The number of fused-ring (bicyclic) bond motifs is 1. The van der Waals surface area contributed by atoms with Crippen molar-refractivity contribution in [3.63, 3.8) is 0 Å². The number of ether oxygens (including phenoxy) is 1. The molecule has 3 rings (SSSR count). The number of carbonyl (C=O) groups excluding carboxylic acids is 3. The number of carboxylic acid groups (broad SMARTS) is 1. The number of nitrogens with one attached hydrogen (secondary N) is 1. The maximum atomic E-state index is 12.6. The summed E-state index contributed by atoms with van der Waals surface area (Å²) in [6.45, 7) is -0.665. The molecule has 2 unspecified atom stereocenters. The smallest absolute Gasteiger partial charge is 0.404 e. The van der Waals surface area contributed by atoms with Crippen LogP contribution in [0.3, 0.4) is 0 Å². The quantitative estimate of drug-likeness (QED) is 0.199. The zero-order chi connectivity index (χ0) is 22.1. The standard InChI is InChI=1S/C14H17N7O7S2/c1-27-19-5(7-18-12(15)30-20-7)8(22)17-6-9(23)21-2-14(11(24)25,3-28-13(16)26)4-29-10(6)21/h6,10H,2-4H2,1H3,(H2,16,26)(H,17,22)(H,24,25)(H2,15,18,20)/t6?,10-,14?/m1/s1. The Labute approximate surface area is 177 Å². The van der Waals surface area contributed by atoms with Crippen LogP contribution in [0.5, 0.6) is 0 Å². The van der Waals surface area contributed by atoms with Crippen LogP contribution in [-0.2, 0) is 24.0 Å². The van der Waals surface area contributed by atoms with Crippen LogP contribution < -0.4 is 16.8 Å². The van der Waals surface area contributed by atoms with Gasteiger partial charge in [-0.05, 0) is 0 Å². The second kappa shape index (κ2) is 8.31. The van der Waals surface area contributed by atoms with Crippen LogP contribution in [0.25, 0.3) is 0 Å². The molecule has 16 heteroatoms. The summed E-state index contributed by atoms with van der Waals surface area (Å²) in [5, 5.41) is 15.3. The lowest BCUT2D eigenvalue weighted by atomic mass is 9.88. The van der Waals surface area contributed by atoms with E-state index >= 15 is 0 Å². The number of oxime groups is 1. The first-order valence-electron chi connectivity index (χ1n) is 8.28. The summed E-state index contributed by atoms with van der Waals surface area (Å²) in [5.74, 6) is -2.48. The Morgan fingerprint density at radius 1 is 1.47 bits per heavy atom. The number of nitrogens with zero attached hydrogens (tertiary/aromatic N) is 4. The van der Waals surface area contributed by atoms with Crippen molar-refractivity contribution in [1.29, 1.82) is 0 Å². The maximum absolute atomic E-state index is 12.6. The number of aliphatic carboxylic acids is 1. The monoisotopic (exact) mass is 459 g/mol. The first-order chi connectivity index (χ1) is 14.2. The summed E-state index contributed by atoms with van der Waals surface area (Å²) in [6, 6.07) is -0.913. The summed E-state index contributed by atoms with van der Waals surface area (Å²) in [7, 11) is 1.23. The molecule has 30 heavy (non-hydrogen) atoms. The van der Waals surface area contributed by atoms with Crippen LogP contribution in [0.4, 0.5) is 9.93 Å². The van der Waals surface area contributed by atoms with E-state index in [-0.39, 0.29) is 29.0 Å². The van der Waals surface area contributed by atoms with Crippen molar-refractivity contribution < 1.29 is 33.9 Å². The van der Waals surface area contributed by atoms with Crippen molar-refractivity contribution in [2.75, 3.05) is 31.7 Å². The molecule has 14 nitrogen and oxygen atoms in total. The second-order valence-electron chi connectivity index (χ2n) is 6.39. The molecule has 0 aliphatic carbocycles. The number of primary amides is 1. The van der Waals surface area contributed by atoms with Crippen molar-refractivity contribution in [2.24, 2.45) is 16.3 Å². The van der Waals surface area contributed by atoms with Crippen molar-refractivity contribution in [3.8, 4) is 0 Å². The zero-order valence-corrected chi connectivity index (χ0v) is 17.1. The number of thioether (sulfide) groups is 1. The van der Waals surface area contributed by atoms with Gasteiger partial charge in [-0.2, -0.15) is 9.36 Å². The fourth-order valence-corrected chi connectivity index (χ4v) is 4.89. The number of β-lactam (4-membered cyclic amide) rings is 1. The number of anilines is 1. The summed E-state index contributed by atoms with van der Waals surface area (Å²) >= 11 is 2.00. The molecule has 3 amide bonds. The lowest BCUT2D eigenvalue weighted by Crippen LogP contribution is -2.74. The molecule has 0 aromatic carbocycles. The highest BCUT2D eigenvalue weighted by Gasteiger charge is 2.58. The first kappa shape index (κ1) is 21.6. The van der Waals surface area contributed by atoms with Crippen LogP contribution in [0.15, 0.2) is 5.16 Å². The first-order valence-corrected chi connectivity index (χ1v) is 10.1. The van der Waals surface area contributed by atoms with Crippen LogP contribution in [0.1, 0.15) is 5.82 Å². The summed E-state index contributed by atoms with van der Waals surface area (Å²) in [5.41, 5.74) is 8.69. The Bertz CT molecular complexity index is 922. The van der Waals surface area contributed by atoms with E-state index in [0.29, 0.717) is 0 Å². The Kier molecular flexibility index (Phi) is 5.97. The Morgan fingerprint density at radius 3 is 2.77 bits per heavy atom. The molecule has 162 valence electrons. The van der Waals surface area contributed by atoms with E-state index < -0.39 is 47.3 Å². The average molecular weight is 459 g/mol. The minimum atomic E-state index is -1.49. The number of nitrogens with two attached hydrogens (primary N) is 2. The third-order valence-corrected chi connectivity index (χ3v) is 6.56. The van der Waals surface area contributed by atoms with Crippen LogP contribution >= 0.6 is 23.3 Å². The van der Waals surface area contributed by atoms with Gasteiger partial charge in [-0.15, -0.1) is 11.8 Å². The number of nitrogen functional groups attached to an aromatic ring is 1. The van der Waals surface area contributed by atoms with Gasteiger partial charge in [-0.1, -0.05) is 5.16 Å². The molecule has 2 fully saturated rings. The van der Waals surface area contributed by atoms with Crippen LogP contribution in [0, 0.1) is 5.41 Å². The number of carbonyl (C=O) groups is 4. The molecule has 6 N–H and O–H groups in total. The molecule has 0 radical (unpaired) electrons. The number of aromatic nitrogens is 2. The summed E-state index contributed by atoms with van der Waals surface area (Å²) in [4.78, 5) is 57.6. The molecule has 2 aliphatic heterocycles. The highest BCUT2D eigenvalue weighted by atomic mass is 32.2. The van der Waals surface area contributed by atoms with Gasteiger partial charge in [-0.3, -0.25) is 14.4 Å². The molecular weight excluding hydrogens is 442 g/mol. The second-order valence-corrected chi connectivity index (χ2v) is 8.28. The van der Waals surface area contributed by atoms with E-state index in [1.807, 2.05) is 0 Å². The molecule has 0 saturated carbocycles. The molecule has 0 spiro atoms. The topological polar surface area (TPSA) is 212 Å². The van der Waals surface area contributed by atoms with Gasteiger partial charge in [0.25, 0.3) is 5.91 Å². The maximum Gasteiger partial charge on any atom is 0.404 e. The lowest BCUT2D eigenvalue weighted by Gasteiger charge is -2.53. The largest absolute Gasteiger partial charge is 0.481 e. The van der Waals surface area contributed by atoms with Crippen molar-refractivity contribution >= 4 is 58.0 Å². The van der Waals surface area contributed by atoms with Crippen molar-refractivity contribution in [2.45, 2.75) is 11.4 Å². The van der Waals surface area contributed by atoms with Gasteiger partial charge in [0.2, 0.25) is 17.4 Å². The van der Waals surface area contributed by atoms with E-state index in [9.17, 15) is 24.3 Å². The summed E-state index contributed by atoms with van der Waals surface area (Å²) in [6.07, 6.45) is -1.11. The molecular formula is C14H17N7O7S2. The highest BCUT2D eigenvalue weighted by Crippen LogP contribution is 2.42. The minimum Gasteiger partial charge on any atom is -0.481 e. The SMILES string of the molecule is CON=C(C(=O)NC1C(=O)N2CC(COC(N)=O)(C(=O)O)CS[C@H]12)c1nsc(N)n1. The van der Waals surface area contributed by atoms with E-state index in [0.717, 1.165) is 23.3 Å². The Hall–Kier alpha value is -3.14. The van der Waals surface area contributed by atoms with E-state index in [1.54, 1.807) is 0 Å². The molecule has 0 bridgehead atoms. The predicted octanol–water partition coefficient (Wildman–Crippen LogP) is -1.96. The fourth-order valence-electron chi connectivity index (χ4n) is 2.93. The third kappa shape index (κ3) is 3.95. The fraction of sp³-hybridized carbons (Fsp3) is 0.500. The highest BCUT2D eigenvalue weighted by molar-refractivity contribution is 8.00. The van der Waals surface area contributed by atoms with Crippen LogP contribution in [-0.4, -0.2) is 86.4 Å². The van der Waals surface area contributed by atoms with Gasteiger partial charge in [0.05, 0.1) is 0 Å². The van der Waals surface area contributed by atoms with Gasteiger partial charge >= 0.3 is 12.1 Å². The average Bonchev–Trinajstić information content (AvgIpc) is 3.13. The van der Waals surface area contributed by atoms with E-state index in [2.05, 4.69) is 29.4 Å². The van der Waals surface area contributed by atoms with E-state index in [4.69, 9.17) is 11.5 Å². The molecule has 1 aromatic heterocycles. The third-order valence-electron chi connectivity index (χ3n) is 4.43. The van der Waals surface area contributed by atoms with Gasteiger partial charge in [0.15, 0.2) is 5.13 Å². The Balaban J connectivity index is 1.69. The predicted molar refractivity (Wildman–Crippen MR) is 103 cm³/mol. The van der Waals surface area contributed by atoms with Gasteiger partial charge < -0.3 is 36.4 Å². The Morgan fingerprint density at radius 2 is 2.20 bits per heavy atom. The summed E-state index contributed by atoms with van der Waals surface area (Å²) < 4.78 is 8.57. The van der Waals surface area contributed by atoms with E-state index in [1.165, 1.54) is 12.0 Å². The molecule has 1 aromatic rings. The lowest BCUT2D eigenvalue weighted by molar-refractivity contribution is -0.160. The molecule has 2 aliphatic rings. The van der Waals surface area contributed by atoms with Crippen LogP contribution in [0.2, 0.25) is 0 Å². The number of hydrogen-bond donors (Lipinski definition) is 4. The van der Waals surface area contributed by atoms with Gasteiger partial charge in [0.1, 0.15) is 30.5 Å². The number of hydrogen-bond acceptors (Lipinski definition) is 12. The van der Waals surface area contributed by atoms with Gasteiger partial charge in [0, 0.05) is 23.8 Å². The van der Waals surface area contributed by atoms with Gasteiger partial charge in [-0.25, -0.2) is 4.79 Å². The van der Waals surface area contributed by atoms with Crippen molar-refractivity contribution in [1.82, 2.24) is 19.6 Å². The molecule has 3 heterocycles. The number of carboxylic acids is 1. The van der Waals surface area contributed by atoms with Crippen molar-refractivity contribution in [3.05, 3.63) is 5.82 Å². The zero-order valence-electron chi connectivity index (χ0n) is 15.4. The minimum absolute atomic E-state index is 0.0413. The normalized spacial score (nSPS) is 25.7. The molecule has 2 saturated heterocycles. The number of amides is 3.